The molecule has 0 aliphatic heterocycles. The number of hydrogen-bond donors (Lipinski definition) is 2. The third-order valence-electron chi connectivity index (χ3n) is 2.95. The summed E-state index contributed by atoms with van der Waals surface area (Å²) in [6.07, 6.45) is 0. The molecule has 1 aromatic heterocycles. The Labute approximate surface area is 110 Å². The standard InChI is InChI=1S/C14H16FNO3/c1-8-10-6-9(15)4-5-11(10)19-12(8)13(18)16-14(2,3)7-17/h4-6,17H,7H2,1-3H3,(H,16,18). The molecule has 4 nitrogen and oxygen atoms in total. The van der Waals surface area contributed by atoms with Crippen molar-refractivity contribution in [1.82, 2.24) is 5.32 Å². The van der Waals surface area contributed by atoms with Crippen LogP contribution in [0.15, 0.2) is 22.6 Å². The van der Waals surface area contributed by atoms with Gasteiger partial charge < -0.3 is 14.8 Å². The fraction of sp³-hybridized carbons (Fsp3) is 0.357. The number of furan rings is 1. The molecule has 0 unspecified atom stereocenters. The molecule has 0 aliphatic carbocycles. The zero-order chi connectivity index (χ0) is 14.2. The lowest BCUT2D eigenvalue weighted by atomic mass is 10.1. The first-order valence-electron chi connectivity index (χ1n) is 5.96. The highest BCUT2D eigenvalue weighted by molar-refractivity contribution is 5.99. The summed E-state index contributed by atoms with van der Waals surface area (Å²) in [5.74, 6) is -0.658. The monoisotopic (exact) mass is 265 g/mol. The van der Waals surface area contributed by atoms with Crippen LogP contribution in [0.2, 0.25) is 0 Å². The van der Waals surface area contributed by atoms with E-state index < -0.39 is 11.4 Å². The lowest BCUT2D eigenvalue weighted by Gasteiger charge is -2.22. The number of carbonyl (C=O) groups excluding carboxylic acids is 1. The summed E-state index contributed by atoms with van der Waals surface area (Å²) in [5, 5.41) is 12.4. The van der Waals surface area contributed by atoms with Gasteiger partial charge in [-0.2, -0.15) is 0 Å². The molecule has 1 aromatic carbocycles. The second kappa shape index (κ2) is 4.66. The molecule has 0 aliphatic rings. The molecule has 1 heterocycles. The number of benzene rings is 1. The molecule has 0 saturated heterocycles. The van der Waals surface area contributed by atoms with Gasteiger partial charge in [-0.25, -0.2) is 4.39 Å². The molecular formula is C14H16FNO3. The minimum Gasteiger partial charge on any atom is -0.451 e. The van der Waals surface area contributed by atoms with Crippen LogP contribution in [0.5, 0.6) is 0 Å². The third-order valence-corrected chi connectivity index (χ3v) is 2.95. The van der Waals surface area contributed by atoms with E-state index in [9.17, 15) is 9.18 Å². The van der Waals surface area contributed by atoms with Gasteiger partial charge in [0.2, 0.25) is 0 Å². The number of aliphatic hydroxyl groups is 1. The van der Waals surface area contributed by atoms with Gasteiger partial charge in [-0.3, -0.25) is 4.79 Å². The highest BCUT2D eigenvalue weighted by Gasteiger charge is 2.24. The topological polar surface area (TPSA) is 62.5 Å². The Morgan fingerprint density at radius 1 is 1.47 bits per heavy atom. The molecule has 0 bridgehead atoms. The fourth-order valence-electron chi connectivity index (χ4n) is 1.81. The van der Waals surface area contributed by atoms with E-state index in [0.29, 0.717) is 16.5 Å². The maximum absolute atomic E-state index is 13.2. The van der Waals surface area contributed by atoms with Gasteiger partial charge in [0.25, 0.3) is 5.91 Å². The fourth-order valence-corrected chi connectivity index (χ4v) is 1.81. The molecule has 0 spiro atoms. The molecule has 102 valence electrons. The molecule has 0 atom stereocenters. The Morgan fingerprint density at radius 2 is 2.16 bits per heavy atom. The Bertz CT molecular complexity index is 631. The highest BCUT2D eigenvalue weighted by Crippen LogP contribution is 2.26. The summed E-state index contributed by atoms with van der Waals surface area (Å²) in [5.41, 5.74) is 0.305. The molecule has 2 aromatic rings. The van der Waals surface area contributed by atoms with Crippen LogP contribution in [-0.2, 0) is 0 Å². The van der Waals surface area contributed by atoms with Gasteiger partial charge in [-0.05, 0) is 39.0 Å². The number of hydrogen-bond acceptors (Lipinski definition) is 3. The Morgan fingerprint density at radius 3 is 2.79 bits per heavy atom. The average molecular weight is 265 g/mol. The van der Waals surface area contributed by atoms with Crippen molar-refractivity contribution in [3.63, 3.8) is 0 Å². The minimum absolute atomic E-state index is 0.141. The van der Waals surface area contributed by atoms with E-state index in [2.05, 4.69) is 5.32 Å². The van der Waals surface area contributed by atoms with Gasteiger partial charge in [-0.15, -0.1) is 0 Å². The minimum atomic E-state index is -0.742. The zero-order valence-corrected chi connectivity index (χ0v) is 11.1. The summed E-state index contributed by atoms with van der Waals surface area (Å²) in [6.45, 7) is 4.91. The molecule has 0 fully saturated rings. The predicted octanol–water partition coefficient (Wildman–Crippen LogP) is 2.38. The second-order valence-electron chi connectivity index (χ2n) is 5.19. The summed E-state index contributed by atoms with van der Waals surface area (Å²) >= 11 is 0. The van der Waals surface area contributed by atoms with Gasteiger partial charge in [0.15, 0.2) is 5.76 Å². The maximum Gasteiger partial charge on any atom is 0.287 e. The second-order valence-corrected chi connectivity index (χ2v) is 5.19. The number of amides is 1. The van der Waals surface area contributed by atoms with Crippen LogP contribution in [-0.4, -0.2) is 23.2 Å². The molecule has 5 heteroatoms. The number of halogens is 1. The molecule has 1 amide bonds. The van der Waals surface area contributed by atoms with Crippen LogP contribution < -0.4 is 5.32 Å². The molecule has 2 rings (SSSR count). The van der Waals surface area contributed by atoms with Crippen LogP contribution in [0.4, 0.5) is 4.39 Å². The van der Waals surface area contributed by atoms with Gasteiger partial charge >= 0.3 is 0 Å². The van der Waals surface area contributed by atoms with Gasteiger partial charge in [0.05, 0.1) is 12.1 Å². The quantitative estimate of drug-likeness (QED) is 0.895. The van der Waals surface area contributed by atoms with Crippen molar-refractivity contribution >= 4 is 16.9 Å². The molecule has 2 N–H and O–H groups in total. The first kappa shape index (κ1) is 13.5. The largest absolute Gasteiger partial charge is 0.451 e. The van der Waals surface area contributed by atoms with Crippen molar-refractivity contribution in [3.8, 4) is 0 Å². The van der Waals surface area contributed by atoms with Crippen LogP contribution in [0.1, 0.15) is 30.0 Å². The molecule has 0 saturated carbocycles. The zero-order valence-electron chi connectivity index (χ0n) is 11.1. The highest BCUT2D eigenvalue weighted by atomic mass is 19.1. The molecular weight excluding hydrogens is 249 g/mol. The smallest absolute Gasteiger partial charge is 0.287 e. The number of fused-ring (bicyclic) bond motifs is 1. The van der Waals surface area contributed by atoms with Crippen molar-refractivity contribution in [2.75, 3.05) is 6.61 Å². The van der Waals surface area contributed by atoms with E-state index in [0.717, 1.165) is 0 Å². The number of rotatable bonds is 3. The van der Waals surface area contributed by atoms with Crippen molar-refractivity contribution in [2.45, 2.75) is 26.3 Å². The average Bonchev–Trinajstić information content (AvgIpc) is 2.66. The van der Waals surface area contributed by atoms with Crippen LogP contribution in [0.25, 0.3) is 11.0 Å². The normalized spacial score (nSPS) is 11.8. The number of aryl methyl sites for hydroxylation is 1. The first-order valence-corrected chi connectivity index (χ1v) is 5.96. The van der Waals surface area contributed by atoms with Crippen molar-refractivity contribution in [1.29, 1.82) is 0 Å². The third kappa shape index (κ3) is 2.61. The van der Waals surface area contributed by atoms with Crippen LogP contribution in [0, 0.1) is 12.7 Å². The SMILES string of the molecule is Cc1c(C(=O)NC(C)(C)CO)oc2ccc(F)cc12. The number of carbonyl (C=O) groups is 1. The lowest BCUT2D eigenvalue weighted by molar-refractivity contribution is 0.0842. The maximum atomic E-state index is 13.2. The van der Waals surface area contributed by atoms with E-state index in [1.165, 1.54) is 18.2 Å². The summed E-state index contributed by atoms with van der Waals surface area (Å²) < 4.78 is 18.6. The lowest BCUT2D eigenvalue weighted by Crippen LogP contribution is -2.46. The van der Waals surface area contributed by atoms with Gasteiger partial charge in [0.1, 0.15) is 11.4 Å². The number of aliphatic hydroxyl groups excluding tert-OH is 1. The first-order chi connectivity index (χ1) is 8.84. The van der Waals surface area contributed by atoms with Crippen LogP contribution in [0.3, 0.4) is 0 Å². The van der Waals surface area contributed by atoms with Crippen molar-refractivity contribution < 1.29 is 18.7 Å². The van der Waals surface area contributed by atoms with Gasteiger partial charge in [0, 0.05) is 10.9 Å². The summed E-state index contributed by atoms with van der Waals surface area (Å²) in [4.78, 5) is 12.1. The van der Waals surface area contributed by atoms with Crippen molar-refractivity contribution in [3.05, 3.63) is 35.3 Å². The van der Waals surface area contributed by atoms with Crippen LogP contribution >= 0.6 is 0 Å². The predicted molar refractivity (Wildman–Crippen MR) is 69.5 cm³/mol. The van der Waals surface area contributed by atoms with E-state index in [1.807, 2.05) is 0 Å². The molecule has 19 heavy (non-hydrogen) atoms. The Kier molecular flexibility index (Phi) is 3.32. The van der Waals surface area contributed by atoms with E-state index in [4.69, 9.17) is 9.52 Å². The van der Waals surface area contributed by atoms with E-state index in [1.54, 1.807) is 20.8 Å². The van der Waals surface area contributed by atoms with Crippen molar-refractivity contribution in [2.24, 2.45) is 0 Å². The molecule has 0 radical (unpaired) electrons. The summed E-state index contributed by atoms with van der Waals surface area (Å²) in [7, 11) is 0. The number of nitrogens with one attached hydrogen (secondary N) is 1. The van der Waals surface area contributed by atoms with Gasteiger partial charge in [-0.1, -0.05) is 0 Å². The van der Waals surface area contributed by atoms with E-state index in [-0.39, 0.29) is 18.2 Å². The Balaban J connectivity index is 2.40. The Hall–Kier alpha value is -1.88. The summed E-state index contributed by atoms with van der Waals surface area (Å²) in [6, 6.07) is 4.11. The van der Waals surface area contributed by atoms with E-state index >= 15 is 0 Å².